The summed E-state index contributed by atoms with van der Waals surface area (Å²) >= 11 is 1.33. The Balaban J connectivity index is 1.57. The SMILES string of the molecule is O=C1C[C@@H](NS(=O)(=O)c2ccsc2)CN1CCc1ccccc1. The van der Waals surface area contributed by atoms with Gasteiger partial charge in [0.05, 0.1) is 4.90 Å². The summed E-state index contributed by atoms with van der Waals surface area (Å²) in [6, 6.07) is 11.2. The maximum absolute atomic E-state index is 12.2. The van der Waals surface area contributed by atoms with Gasteiger partial charge in [0.2, 0.25) is 15.9 Å². The van der Waals surface area contributed by atoms with Gasteiger partial charge in [0.15, 0.2) is 0 Å². The van der Waals surface area contributed by atoms with Crippen molar-refractivity contribution in [3.05, 3.63) is 52.7 Å². The molecule has 0 saturated carbocycles. The van der Waals surface area contributed by atoms with Crippen LogP contribution in [-0.4, -0.2) is 38.4 Å². The fraction of sp³-hybridized carbons (Fsp3) is 0.312. The maximum Gasteiger partial charge on any atom is 0.241 e. The van der Waals surface area contributed by atoms with Crippen LogP contribution in [0.3, 0.4) is 0 Å². The molecule has 1 aliphatic rings. The van der Waals surface area contributed by atoms with Crippen LogP contribution in [0.4, 0.5) is 0 Å². The molecule has 0 radical (unpaired) electrons. The Morgan fingerprint density at radius 3 is 2.70 bits per heavy atom. The van der Waals surface area contributed by atoms with Gasteiger partial charge >= 0.3 is 0 Å². The molecule has 1 saturated heterocycles. The minimum absolute atomic E-state index is 0.000972. The first kappa shape index (κ1) is 16.2. The van der Waals surface area contributed by atoms with E-state index in [4.69, 9.17) is 0 Å². The molecule has 7 heteroatoms. The Hall–Kier alpha value is -1.70. The molecule has 1 atom stereocenters. The fourth-order valence-electron chi connectivity index (χ4n) is 2.67. The number of sulfonamides is 1. The van der Waals surface area contributed by atoms with Gasteiger partial charge < -0.3 is 4.90 Å². The van der Waals surface area contributed by atoms with Gasteiger partial charge in [-0.05, 0) is 23.4 Å². The lowest BCUT2D eigenvalue weighted by Gasteiger charge is -2.17. The number of carbonyl (C=O) groups excluding carboxylic acids is 1. The Morgan fingerprint density at radius 1 is 1.22 bits per heavy atom. The summed E-state index contributed by atoms with van der Waals surface area (Å²) in [5.41, 5.74) is 1.17. The summed E-state index contributed by atoms with van der Waals surface area (Å²) in [4.78, 5) is 14.1. The average Bonchev–Trinajstić information content (AvgIpc) is 3.16. The number of nitrogens with one attached hydrogen (secondary N) is 1. The van der Waals surface area contributed by atoms with E-state index in [1.807, 2.05) is 30.3 Å². The van der Waals surface area contributed by atoms with E-state index in [0.29, 0.717) is 13.1 Å². The number of hydrogen-bond donors (Lipinski definition) is 1. The molecule has 23 heavy (non-hydrogen) atoms. The third kappa shape index (κ3) is 3.99. The quantitative estimate of drug-likeness (QED) is 0.865. The van der Waals surface area contributed by atoms with Crippen molar-refractivity contribution >= 4 is 27.3 Å². The van der Waals surface area contributed by atoms with Crippen molar-refractivity contribution < 1.29 is 13.2 Å². The summed E-state index contributed by atoms with van der Waals surface area (Å²) < 4.78 is 27.0. The molecule has 0 unspecified atom stereocenters. The first-order chi connectivity index (χ1) is 11.0. The highest BCUT2D eigenvalue weighted by atomic mass is 32.2. The van der Waals surface area contributed by atoms with Gasteiger partial charge in [-0.15, -0.1) is 0 Å². The minimum Gasteiger partial charge on any atom is -0.341 e. The smallest absolute Gasteiger partial charge is 0.241 e. The Morgan fingerprint density at radius 2 is 2.00 bits per heavy atom. The van der Waals surface area contributed by atoms with E-state index in [9.17, 15) is 13.2 Å². The fourth-order valence-corrected chi connectivity index (χ4v) is 4.92. The topological polar surface area (TPSA) is 66.5 Å². The molecular weight excluding hydrogens is 332 g/mol. The molecule has 1 fully saturated rings. The van der Waals surface area contributed by atoms with Crippen LogP contribution < -0.4 is 4.72 Å². The van der Waals surface area contributed by atoms with E-state index in [1.54, 1.807) is 21.7 Å². The van der Waals surface area contributed by atoms with E-state index in [0.717, 1.165) is 6.42 Å². The van der Waals surface area contributed by atoms with Gasteiger partial charge in [0.1, 0.15) is 0 Å². The number of hydrogen-bond acceptors (Lipinski definition) is 4. The first-order valence-corrected chi connectivity index (χ1v) is 9.83. The zero-order valence-electron chi connectivity index (χ0n) is 12.5. The van der Waals surface area contributed by atoms with Crippen LogP contribution in [0.2, 0.25) is 0 Å². The molecule has 122 valence electrons. The number of thiophene rings is 1. The molecule has 3 rings (SSSR count). The first-order valence-electron chi connectivity index (χ1n) is 7.41. The monoisotopic (exact) mass is 350 g/mol. The molecule has 2 aromatic rings. The molecule has 1 aliphatic heterocycles. The largest absolute Gasteiger partial charge is 0.341 e. The van der Waals surface area contributed by atoms with E-state index in [2.05, 4.69) is 4.72 Å². The van der Waals surface area contributed by atoms with Gasteiger partial charge in [-0.2, -0.15) is 11.3 Å². The summed E-state index contributed by atoms with van der Waals surface area (Å²) in [7, 11) is -3.53. The molecule has 1 aromatic heterocycles. The standard InChI is InChI=1S/C16H18N2O3S2/c19-16-10-14(17-23(20,21)15-7-9-22-12-15)11-18(16)8-6-13-4-2-1-3-5-13/h1-5,7,9,12,14,17H,6,8,10-11H2/t14-/m1/s1. The summed E-state index contributed by atoms with van der Waals surface area (Å²) in [6.45, 7) is 1.04. The lowest BCUT2D eigenvalue weighted by molar-refractivity contribution is -0.127. The second-order valence-electron chi connectivity index (χ2n) is 5.56. The Labute approximate surface area is 140 Å². The zero-order valence-corrected chi connectivity index (χ0v) is 14.1. The van der Waals surface area contributed by atoms with Crippen LogP contribution in [0.1, 0.15) is 12.0 Å². The molecule has 1 amide bonds. The molecular formula is C16H18N2O3S2. The van der Waals surface area contributed by atoms with Gasteiger partial charge in [-0.25, -0.2) is 13.1 Å². The highest BCUT2D eigenvalue weighted by Gasteiger charge is 2.32. The number of amides is 1. The van der Waals surface area contributed by atoms with Crippen molar-refractivity contribution in [2.75, 3.05) is 13.1 Å². The van der Waals surface area contributed by atoms with Crippen molar-refractivity contribution in [2.45, 2.75) is 23.8 Å². The summed E-state index contributed by atoms with van der Waals surface area (Å²) in [5.74, 6) is -0.000972. The number of rotatable bonds is 6. The number of benzene rings is 1. The lowest BCUT2D eigenvalue weighted by atomic mass is 10.1. The molecule has 1 N–H and O–H groups in total. The van der Waals surface area contributed by atoms with Crippen LogP contribution >= 0.6 is 11.3 Å². The van der Waals surface area contributed by atoms with E-state index in [-0.39, 0.29) is 23.3 Å². The second kappa shape index (κ2) is 6.82. The number of nitrogens with zero attached hydrogens (tertiary/aromatic N) is 1. The van der Waals surface area contributed by atoms with E-state index >= 15 is 0 Å². The van der Waals surface area contributed by atoms with Crippen molar-refractivity contribution in [3.8, 4) is 0 Å². The van der Waals surface area contributed by atoms with Crippen LogP contribution in [0.5, 0.6) is 0 Å². The maximum atomic E-state index is 12.2. The Bertz CT molecular complexity index is 758. The third-order valence-corrected chi connectivity index (χ3v) is 6.21. The van der Waals surface area contributed by atoms with Crippen LogP contribution in [-0.2, 0) is 21.2 Å². The highest BCUT2D eigenvalue weighted by Crippen LogP contribution is 2.17. The molecule has 1 aromatic carbocycles. The van der Waals surface area contributed by atoms with Crippen molar-refractivity contribution in [1.82, 2.24) is 9.62 Å². The molecule has 0 aliphatic carbocycles. The number of likely N-dealkylation sites (tertiary alicyclic amines) is 1. The predicted octanol–water partition coefficient (Wildman–Crippen LogP) is 1.87. The van der Waals surface area contributed by atoms with Crippen molar-refractivity contribution in [2.24, 2.45) is 0 Å². The number of carbonyl (C=O) groups is 1. The molecule has 5 nitrogen and oxygen atoms in total. The Kier molecular flexibility index (Phi) is 4.79. The van der Waals surface area contributed by atoms with Gasteiger partial charge in [-0.3, -0.25) is 4.79 Å². The molecule has 0 bridgehead atoms. The lowest BCUT2D eigenvalue weighted by Crippen LogP contribution is -2.37. The second-order valence-corrected chi connectivity index (χ2v) is 8.05. The van der Waals surface area contributed by atoms with Gasteiger partial charge in [0.25, 0.3) is 0 Å². The zero-order chi connectivity index (χ0) is 16.3. The summed E-state index contributed by atoms with van der Waals surface area (Å²) in [6.07, 6.45) is 0.995. The van der Waals surface area contributed by atoms with E-state index < -0.39 is 10.0 Å². The predicted molar refractivity (Wildman–Crippen MR) is 89.8 cm³/mol. The van der Waals surface area contributed by atoms with Crippen molar-refractivity contribution in [3.63, 3.8) is 0 Å². The van der Waals surface area contributed by atoms with Crippen molar-refractivity contribution in [1.29, 1.82) is 0 Å². The van der Waals surface area contributed by atoms with Crippen LogP contribution in [0, 0.1) is 0 Å². The molecule has 0 spiro atoms. The molecule has 2 heterocycles. The van der Waals surface area contributed by atoms with Crippen LogP contribution in [0.15, 0.2) is 52.1 Å². The highest BCUT2D eigenvalue weighted by molar-refractivity contribution is 7.89. The van der Waals surface area contributed by atoms with Gasteiger partial charge in [0, 0.05) is 30.9 Å². The summed E-state index contributed by atoms with van der Waals surface area (Å²) in [5, 5.41) is 3.31. The van der Waals surface area contributed by atoms with Crippen LogP contribution in [0.25, 0.3) is 0 Å². The third-order valence-electron chi connectivity index (χ3n) is 3.85. The normalized spacial score (nSPS) is 18.5. The average molecular weight is 350 g/mol. The van der Waals surface area contributed by atoms with E-state index in [1.165, 1.54) is 16.9 Å². The minimum atomic E-state index is -3.53. The van der Waals surface area contributed by atoms with Gasteiger partial charge in [-0.1, -0.05) is 30.3 Å².